The fourth-order valence-electron chi connectivity index (χ4n) is 1.95. The van der Waals surface area contributed by atoms with Gasteiger partial charge in [0.25, 0.3) is 0 Å². The van der Waals surface area contributed by atoms with Crippen LogP contribution >= 0.6 is 0 Å². The number of hydrogen-bond donors (Lipinski definition) is 1. The predicted octanol–water partition coefficient (Wildman–Crippen LogP) is 3.11. The minimum Gasteiger partial charge on any atom is -0.316 e. The van der Waals surface area contributed by atoms with Gasteiger partial charge in [-0.3, -0.25) is 0 Å². The molecule has 0 unspecified atom stereocenters. The maximum Gasteiger partial charge on any atom is -0.000835 e. The van der Waals surface area contributed by atoms with Gasteiger partial charge in [0.15, 0.2) is 0 Å². The Balaban J connectivity index is 1.82. The fourth-order valence-corrected chi connectivity index (χ4v) is 1.95. The predicted molar refractivity (Wildman–Crippen MR) is 65.3 cm³/mol. The lowest BCUT2D eigenvalue weighted by atomic mass is 10.1. The minimum atomic E-state index is 0.883. The Morgan fingerprint density at radius 2 is 2.13 bits per heavy atom. The molecular weight excluding hydrogens is 182 g/mol. The Morgan fingerprint density at radius 1 is 1.27 bits per heavy atom. The smallest absolute Gasteiger partial charge is 0.000835 e. The highest BCUT2D eigenvalue weighted by Crippen LogP contribution is 2.40. The van der Waals surface area contributed by atoms with E-state index in [2.05, 4.69) is 36.5 Å². The van der Waals surface area contributed by atoms with Gasteiger partial charge < -0.3 is 5.32 Å². The van der Waals surface area contributed by atoms with Gasteiger partial charge in [-0.1, -0.05) is 31.2 Å². The molecule has 0 radical (unpaired) electrons. The Labute approximate surface area is 92.9 Å². The van der Waals surface area contributed by atoms with Crippen molar-refractivity contribution < 1.29 is 0 Å². The van der Waals surface area contributed by atoms with Gasteiger partial charge in [-0.15, -0.1) is 0 Å². The lowest BCUT2D eigenvalue weighted by molar-refractivity contribution is 0.671. The van der Waals surface area contributed by atoms with Crippen LogP contribution in [0, 0.1) is 0 Å². The van der Waals surface area contributed by atoms with Gasteiger partial charge in [0.2, 0.25) is 0 Å². The van der Waals surface area contributed by atoms with E-state index in [1.54, 1.807) is 5.56 Å². The molecule has 1 fully saturated rings. The summed E-state index contributed by atoms with van der Waals surface area (Å²) in [4.78, 5) is 0. The van der Waals surface area contributed by atoms with Gasteiger partial charge in [0.1, 0.15) is 0 Å². The molecule has 0 bridgehead atoms. The number of nitrogens with one attached hydrogen (secondary N) is 1. The molecule has 1 aromatic carbocycles. The van der Waals surface area contributed by atoms with Crippen LogP contribution in [-0.2, 0) is 6.42 Å². The van der Waals surface area contributed by atoms with E-state index in [0.717, 1.165) is 19.0 Å². The van der Waals surface area contributed by atoms with Crippen LogP contribution in [-0.4, -0.2) is 13.1 Å². The summed E-state index contributed by atoms with van der Waals surface area (Å²) in [5.41, 5.74) is 3.05. The van der Waals surface area contributed by atoms with Crippen LogP contribution in [0.5, 0.6) is 0 Å². The Hall–Kier alpha value is -0.820. The summed E-state index contributed by atoms with van der Waals surface area (Å²) < 4.78 is 0. The summed E-state index contributed by atoms with van der Waals surface area (Å²) in [6, 6.07) is 9.13. The molecular formula is C14H21N. The van der Waals surface area contributed by atoms with Crippen LogP contribution in [0.2, 0.25) is 0 Å². The van der Waals surface area contributed by atoms with Gasteiger partial charge in [0.05, 0.1) is 0 Å². The highest BCUT2D eigenvalue weighted by molar-refractivity contribution is 5.29. The zero-order chi connectivity index (χ0) is 10.5. The SMILES string of the molecule is CCCNCCc1cccc(C2CC2)c1. The molecule has 1 aromatic rings. The molecule has 0 amide bonds. The molecule has 0 saturated heterocycles. The van der Waals surface area contributed by atoms with Crippen molar-refractivity contribution in [1.29, 1.82) is 0 Å². The Kier molecular flexibility index (Phi) is 3.79. The molecule has 1 heteroatoms. The van der Waals surface area contributed by atoms with E-state index >= 15 is 0 Å². The lowest BCUT2D eigenvalue weighted by Crippen LogP contribution is -2.17. The van der Waals surface area contributed by atoms with E-state index in [1.807, 2.05) is 0 Å². The van der Waals surface area contributed by atoms with E-state index < -0.39 is 0 Å². The van der Waals surface area contributed by atoms with Crippen molar-refractivity contribution in [1.82, 2.24) is 5.32 Å². The van der Waals surface area contributed by atoms with Gasteiger partial charge in [-0.25, -0.2) is 0 Å². The number of hydrogen-bond acceptors (Lipinski definition) is 1. The van der Waals surface area contributed by atoms with Crippen LogP contribution in [0.25, 0.3) is 0 Å². The summed E-state index contributed by atoms with van der Waals surface area (Å²) in [5.74, 6) is 0.883. The first-order chi connectivity index (χ1) is 7.40. The molecule has 1 aliphatic carbocycles. The molecule has 2 rings (SSSR count). The van der Waals surface area contributed by atoms with Gasteiger partial charge in [0, 0.05) is 0 Å². The fraction of sp³-hybridized carbons (Fsp3) is 0.571. The van der Waals surface area contributed by atoms with Crippen LogP contribution in [0.3, 0.4) is 0 Å². The summed E-state index contributed by atoms with van der Waals surface area (Å²) in [6.07, 6.45) is 5.19. The zero-order valence-electron chi connectivity index (χ0n) is 9.63. The molecule has 82 valence electrons. The maximum absolute atomic E-state index is 3.45. The summed E-state index contributed by atoms with van der Waals surface area (Å²) in [6.45, 7) is 4.46. The standard InChI is InChI=1S/C14H21N/c1-2-9-15-10-8-12-4-3-5-14(11-12)13-6-7-13/h3-5,11,13,15H,2,6-10H2,1H3. The third-order valence-electron chi connectivity index (χ3n) is 3.02. The molecule has 0 atom stereocenters. The molecule has 1 N–H and O–H groups in total. The molecule has 15 heavy (non-hydrogen) atoms. The zero-order valence-corrected chi connectivity index (χ0v) is 9.63. The molecule has 1 aliphatic rings. The Bertz CT molecular complexity index is 302. The van der Waals surface area contributed by atoms with Crippen molar-refractivity contribution in [3.05, 3.63) is 35.4 Å². The van der Waals surface area contributed by atoms with Gasteiger partial charge >= 0.3 is 0 Å². The van der Waals surface area contributed by atoms with E-state index in [0.29, 0.717) is 0 Å². The van der Waals surface area contributed by atoms with Crippen molar-refractivity contribution in [3.8, 4) is 0 Å². The molecule has 0 aliphatic heterocycles. The van der Waals surface area contributed by atoms with Crippen molar-refractivity contribution in [2.24, 2.45) is 0 Å². The number of benzene rings is 1. The van der Waals surface area contributed by atoms with E-state index in [9.17, 15) is 0 Å². The average molecular weight is 203 g/mol. The second-order valence-corrected chi connectivity index (χ2v) is 4.52. The van der Waals surface area contributed by atoms with Gasteiger partial charge in [-0.05, 0) is 55.8 Å². The summed E-state index contributed by atoms with van der Waals surface area (Å²) in [5, 5.41) is 3.45. The summed E-state index contributed by atoms with van der Waals surface area (Å²) >= 11 is 0. The first kappa shape index (κ1) is 10.7. The third-order valence-corrected chi connectivity index (χ3v) is 3.02. The molecule has 0 spiro atoms. The van der Waals surface area contributed by atoms with E-state index in [-0.39, 0.29) is 0 Å². The third kappa shape index (κ3) is 3.35. The number of rotatable bonds is 6. The largest absolute Gasteiger partial charge is 0.316 e. The monoisotopic (exact) mass is 203 g/mol. The molecule has 1 saturated carbocycles. The highest BCUT2D eigenvalue weighted by atomic mass is 14.8. The minimum absolute atomic E-state index is 0.883. The summed E-state index contributed by atoms with van der Waals surface area (Å²) in [7, 11) is 0. The quantitative estimate of drug-likeness (QED) is 0.700. The molecule has 1 nitrogen and oxygen atoms in total. The van der Waals surface area contributed by atoms with Crippen molar-refractivity contribution in [2.45, 2.75) is 38.5 Å². The second kappa shape index (κ2) is 5.32. The first-order valence-corrected chi connectivity index (χ1v) is 6.19. The van der Waals surface area contributed by atoms with Crippen LogP contribution in [0.1, 0.15) is 43.2 Å². The topological polar surface area (TPSA) is 12.0 Å². The van der Waals surface area contributed by atoms with Crippen molar-refractivity contribution in [2.75, 3.05) is 13.1 Å². The van der Waals surface area contributed by atoms with Crippen LogP contribution < -0.4 is 5.32 Å². The van der Waals surface area contributed by atoms with E-state index in [4.69, 9.17) is 0 Å². The van der Waals surface area contributed by atoms with Crippen molar-refractivity contribution >= 4 is 0 Å². The highest BCUT2D eigenvalue weighted by Gasteiger charge is 2.23. The normalized spacial score (nSPS) is 15.5. The second-order valence-electron chi connectivity index (χ2n) is 4.52. The Morgan fingerprint density at radius 3 is 2.87 bits per heavy atom. The lowest BCUT2D eigenvalue weighted by Gasteiger charge is -2.05. The van der Waals surface area contributed by atoms with E-state index in [1.165, 1.54) is 31.2 Å². The first-order valence-electron chi connectivity index (χ1n) is 6.19. The van der Waals surface area contributed by atoms with Gasteiger partial charge in [-0.2, -0.15) is 0 Å². The average Bonchev–Trinajstić information content (AvgIpc) is 3.09. The van der Waals surface area contributed by atoms with Crippen LogP contribution in [0.15, 0.2) is 24.3 Å². The van der Waals surface area contributed by atoms with Crippen molar-refractivity contribution in [3.63, 3.8) is 0 Å². The molecule has 0 heterocycles. The van der Waals surface area contributed by atoms with Crippen LogP contribution in [0.4, 0.5) is 0 Å². The molecule has 0 aromatic heterocycles. The maximum atomic E-state index is 3.45.